The zero-order valence-corrected chi connectivity index (χ0v) is 14.0. The fraction of sp³-hybridized carbons (Fsp3) is 0.529. The van der Waals surface area contributed by atoms with Crippen LogP contribution in [0.2, 0.25) is 0 Å². The average molecular weight is 338 g/mol. The first-order chi connectivity index (χ1) is 10.7. The Hall–Kier alpha value is -1.59. The van der Waals surface area contributed by atoms with E-state index in [9.17, 15) is 9.59 Å². The average Bonchev–Trinajstić information content (AvgIpc) is 2.54. The van der Waals surface area contributed by atoms with Gasteiger partial charge in [0.1, 0.15) is 0 Å². The first kappa shape index (κ1) is 17.8. The molecule has 1 saturated heterocycles. The normalized spacial score (nSPS) is 20.9. The molecule has 2 aliphatic rings. The quantitative estimate of drug-likeness (QED) is 0.785. The maximum absolute atomic E-state index is 12.1. The van der Waals surface area contributed by atoms with Crippen LogP contribution in [0.4, 0.5) is 5.69 Å². The summed E-state index contributed by atoms with van der Waals surface area (Å²) in [6.07, 6.45) is 3.73. The van der Waals surface area contributed by atoms with Gasteiger partial charge in [-0.15, -0.1) is 12.4 Å². The van der Waals surface area contributed by atoms with Gasteiger partial charge in [-0.1, -0.05) is 18.2 Å². The minimum Gasteiger partial charge on any atom is -0.353 e. The Labute approximate surface area is 143 Å². The highest BCUT2D eigenvalue weighted by atomic mass is 35.5. The van der Waals surface area contributed by atoms with E-state index in [0.29, 0.717) is 12.8 Å². The molecule has 0 aliphatic carbocycles. The fourth-order valence-corrected chi connectivity index (χ4v) is 3.22. The van der Waals surface area contributed by atoms with E-state index in [0.717, 1.165) is 43.6 Å². The lowest BCUT2D eigenvalue weighted by atomic mass is 9.89. The van der Waals surface area contributed by atoms with Crippen molar-refractivity contribution in [2.45, 2.75) is 38.1 Å². The minimum atomic E-state index is -0.103. The molecule has 5 nitrogen and oxygen atoms in total. The lowest BCUT2D eigenvalue weighted by Crippen LogP contribution is -2.43. The minimum absolute atomic E-state index is 0. The highest BCUT2D eigenvalue weighted by Gasteiger charge is 2.26. The Balaban J connectivity index is 0.00000192. The van der Waals surface area contributed by atoms with Crippen LogP contribution < -0.4 is 16.0 Å². The van der Waals surface area contributed by atoms with Crippen LogP contribution in [0.3, 0.4) is 0 Å². The maximum atomic E-state index is 12.1. The van der Waals surface area contributed by atoms with Gasteiger partial charge in [0.15, 0.2) is 0 Å². The van der Waals surface area contributed by atoms with Gasteiger partial charge in [0.2, 0.25) is 11.8 Å². The molecule has 1 fully saturated rings. The van der Waals surface area contributed by atoms with E-state index in [1.165, 1.54) is 0 Å². The molecule has 23 heavy (non-hydrogen) atoms. The van der Waals surface area contributed by atoms with E-state index in [2.05, 4.69) is 16.0 Å². The van der Waals surface area contributed by atoms with Gasteiger partial charge in [0.05, 0.1) is 0 Å². The van der Waals surface area contributed by atoms with Gasteiger partial charge in [-0.25, -0.2) is 0 Å². The van der Waals surface area contributed by atoms with Gasteiger partial charge in [-0.3, -0.25) is 9.59 Å². The van der Waals surface area contributed by atoms with Crippen molar-refractivity contribution in [1.29, 1.82) is 0 Å². The first-order valence-electron chi connectivity index (χ1n) is 8.11. The molecule has 0 bridgehead atoms. The summed E-state index contributed by atoms with van der Waals surface area (Å²) in [6, 6.07) is 8.16. The standard InChI is InChI=1S/C17H23N3O2.ClH/c21-16(19-14-7-9-18-10-8-14)6-5-13-11-12-3-1-2-4-15(12)20-17(13)22;/h1-4,13-14,18H,5-11H2,(H,19,21)(H,20,22);1H. The summed E-state index contributed by atoms with van der Waals surface area (Å²) in [5, 5.41) is 9.30. The number of fused-ring (bicyclic) bond motifs is 1. The lowest BCUT2D eigenvalue weighted by molar-refractivity contribution is -0.123. The SMILES string of the molecule is Cl.O=C(CCC1Cc2ccccc2NC1=O)NC1CCNCC1. The summed E-state index contributed by atoms with van der Waals surface area (Å²) in [7, 11) is 0. The molecule has 0 spiro atoms. The second-order valence-corrected chi connectivity index (χ2v) is 6.18. The van der Waals surface area contributed by atoms with Gasteiger partial charge < -0.3 is 16.0 Å². The predicted molar refractivity (Wildman–Crippen MR) is 92.8 cm³/mol. The zero-order chi connectivity index (χ0) is 15.4. The molecule has 2 heterocycles. The Morgan fingerprint density at radius 2 is 1.96 bits per heavy atom. The second kappa shape index (κ2) is 8.31. The van der Waals surface area contributed by atoms with Gasteiger partial charge in [0, 0.05) is 24.1 Å². The van der Waals surface area contributed by atoms with Crippen LogP contribution in [0.15, 0.2) is 24.3 Å². The molecule has 3 N–H and O–H groups in total. The van der Waals surface area contributed by atoms with E-state index >= 15 is 0 Å². The van der Waals surface area contributed by atoms with Crippen LogP contribution in [-0.2, 0) is 16.0 Å². The molecule has 1 aromatic carbocycles. The van der Waals surface area contributed by atoms with Gasteiger partial charge in [-0.05, 0) is 50.4 Å². The molecule has 1 unspecified atom stereocenters. The van der Waals surface area contributed by atoms with E-state index in [-0.39, 0.29) is 36.2 Å². The van der Waals surface area contributed by atoms with Gasteiger partial charge in [-0.2, -0.15) is 0 Å². The third-order valence-corrected chi connectivity index (χ3v) is 4.54. The molecule has 2 amide bonds. The van der Waals surface area contributed by atoms with E-state index < -0.39 is 0 Å². The summed E-state index contributed by atoms with van der Waals surface area (Å²) in [5.41, 5.74) is 2.06. The molecular weight excluding hydrogens is 314 g/mol. The summed E-state index contributed by atoms with van der Waals surface area (Å²) >= 11 is 0. The highest BCUT2D eigenvalue weighted by Crippen LogP contribution is 2.27. The number of carbonyl (C=O) groups excluding carboxylic acids is 2. The molecule has 2 aliphatic heterocycles. The number of benzene rings is 1. The van der Waals surface area contributed by atoms with Gasteiger partial charge >= 0.3 is 0 Å². The summed E-state index contributed by atoms with van der Waals surface area (Å²) in [6.45, 7) is 1.93. The monoisotopic (exact) mass is 337 g/mol. The van der Waals surface area contributed by atoms with Crippen molar-refractivity contribution in [1.82, 2.24) is 10.6 Å². The molecule has 0 saturated carbocycles. The van der Waals surface area contributed by atoms with Crippen LogP contribution in [0.25, 0.3) is 0 Å². The third-order valence-electron chi connectivity index (χ3n) is 4.54. The van der Waals surface area contributed by atoms with Crippen LogP contribution in [0.1, 0.15) is 31.2 Å². The molecule has 126 valence electrons. The Kier molecular flexibility index (Phi) is 6.42. The molecule has 0 aromatic heterocycles. The summed E-state index contributed by atoms with van der Waals surface area (Å²) in [4.78, 5) is 24.2. The van der Waals surface area contributed by atoms with Crippen molar-refractivity contribution < 1.29 is 9.59 Å². The number of amides is 2. The highest BCUT2D eigenvalue weighted by molar-refractivity contribution is 5.96. The number of hydrogen-bond acceptors (Lipinski definition) is 3. The third kappa shape index (κ3) is 4.69. The van der Waals surface area contributed by atoms with Crippen molar-refractivity contribution in [3.63, 3.8) is 0 Å². The predicted octanol–water partition coefficient (Wildman–Crippen LogP) is 1.87. The van der Waals surface area contributed by atoms with E-state index in [1.54, 1.807) is 0 Å². The molecule has 6 heteroatoms. The number of rotatable bonds is 4. The van der Waals surface area contributed by atoms with Gasteiger partial charge in [0.25, 0.3) is 0 Å². The van der Waals surface area contributed by atoms with Crippen LogP contribution in [0, 0.1) is 5.92 Å². The largest absolute Gasteiger partial charge is 0.353 e. The van der Waals surface area contributed by atoms with E-state index in [1.807, 2.05) is 24.3 Å². The number of para-hydroxylation sites is 1. The number of nitrogens with one attached hydrogen (secondary N) is 3. The summed E-state index contributed by atoms with van der Waals surface area (Å²) in [5.74, 6) is 0.000553. The maximum Gasteiger partial charge on any atom is 0.227 e. The molecular formula is C17H24ClN3O2. The number of carbonyl (C=O) groups is 2. The van der Waals surface area contributed by atoms with Crippen molar-refractivity contribution in [3.8, 4) is 0 Å². The van der Waals surface area contributed by atoms with Crippen molar-refractivity contribution in [3.05, 3.63) is 29.8 Å². The summed E-state index contributed by atoms with van der Waals surface area (Å²) < 4.78 is 0. The Morgan fingerprint density at radius 3 is 2.74 bits per heavy atom. The van der Waals surface area contributed by atoms with Crippen LogP contribution in [0.5, 0.6) is 0 Å². The van der Waals surface area contributed by atoms with Crippen LogP contribution >= 0.6 is 12.4 Å². The smallest absolute Gasteiger partial charge is 0.227 e. The number of hydrogen-bond donors (Lipinski definition) is 3. The first-order valence-corrected chi connectivity index (χ1v) is 8.11. The van der Waals surface area contributed by atoms with Crippen molar-refractivity contribution in [2.75, 3.05) is 18.4 Å². The Morgan fingerprint density at radius 1 is 1.22 bits per heavy atom. The second-order valence-electron chi connectivity index (χ2n) is 6.18. The lowest BCUT2D eigenvalue weighted by Gasteiger charge is -2.26. The molecule has 0 radical (unpaired) electrons. The van der Waals surface area contributed by atoms with Crippen molar-refractivity contribution >= 4 is 29.9 Å². The number of piperidine rings is 1. The van der Waals surface area contributed by atoms with E-state index in [4.69, 9.17) is 0 Å². The number of anilines is 1. The molecule has 1 aromatic rings. The fourth-order valence-electron chi connectivity index (χ4n) is 3.22. The van der Waals surface area contributed by atoms with Crippen molar-refractivity contribution in [2.24, 2.45) is 5.92 Å². The zero-order valence-electron chi connectivity index (χ0n) is 13.1. The molecule has 1 atom stereocenters. The topological polar surface area (TPSA) is 70.2 Å². The Bertz CT molecular complexity index is 559. The van der Waals surface area contributed by atoms with Crippen LogP contribution in [-0.4, -0.2) is 30.9 Å². The number of halogens is 1. The molecule has 3 rings (SSSR count).